The third-order valence-corrected chi connectivity index (χ3v) is 3.84. The second-order valence-electron chi connectivity index (χ2n) is 3.95. The molecule has 0 N–H and O–H groups in total. The summed E-state index contributed by atoms with van der Waals surface area (Å²) >= 11 is 2.03. The van der Waals surface area contributed by atoms with Gasteiger partial charge in [0.1, 0.15) is 23.0 Å². The van der Waals surface area contributed by atoms with Crippen LogP contribution in [0.4, 0.5) is 0 Å². The molecule has 0 aliphatic heterocycles. The quantitative estimate of drug-likeness (QED) is 0.694. The van der Waals surface area contributed by atoms with E-state index in [0.717, 1.165) is 0 Å². The molecule has 0 aromatic rings. The molecule has 0 saturated heterocycles. The molecule has 0 atom stereocenters. The second-order valence-corrected chi connectivity index (χ2v) is 4.46. The van der Waals surface area contributed by atoms with E-state index in [1.165, 1.54) is 32.1 Å². The first-order valence-corrected chi connectivity index (χ1v) is 5.36. The highest BCUT2D eigenvalue weighted by molar-refractivity contribution is 14.1. The summed E-state index contributed by atoms with van der Waals surface area (Å²) in [6.45, 7) is 4.70. The van der Waals surface area contributed by atoms with E-state index in [9.17, 15) is 0 Å². The van der Waals surface area contributed by atoms with Gasteiger partial charge in [-0.3, -0.25) is 0 Å². The van der Waals surface area contributed by atoms with Crippen LogP contribution in [0.15, 0.2) is 0 Å². The molecule has 0 heterocycles. The molecule has 0 bridgehead atoms. The Balaban J connectivity index is 2.35. The minimum absolute atomic E-state index is 0.537. The highest BCUT2D eigenvalue weighted by Crippen LogP contribution is 2.39. The fraction of sp³-hybridized carbons (Fsp3) is 1.00. The average molecular weight is 268 g/mol. The van der Waals surface area contributed by atoms with Crippen molar-refractivity contribution in [2.75, 3.05) is 0 Å². The van der Waals surface area contributed by atoms with Gasteiger partial charge in [0.25, 0.3) is 0 Å². The zero-order valence-corrected chi connectivity index (χ0v) is 9.56. The van der Waals surface area contributed by atoms with Crippen LogP contribution in [0.25, 0.3) is 0 Å². The van der Waals surface area contributed by atoms with Gasteiger partial charge in [-0.15, -0.1) is 0 Å². The second kappa shape index (κ2) is 4.08. The molecule has 0 aromatic heterocycles. The van der Waals surface area contributed by atoms with Crippen LogP contribution in [0.5, 0.6) is 0 Å². The van der Waals surface area contributed by atoms with E-state index in [0.29, 0.717) is 11.5 Å². The van der Waals surface area contributed by atoms with Crippen LogP contribution in [0.2, 0.25) is 0 Å². The molecular formula is C9H17IO. The van der Waals surface area contributed by atoms with E-state index < -0.39 is 0 Å². The first kappa shape index (κ1) is 9.78. The molecule has 0 radical (unpaired) electrons. The van der Waals surface area contributed by atoms with Crippen molar-refractivity contribution in [2.45, 2.75) is 52.1 Å². The maximum Gasteiger partial charge on any atom is 0.110 e. The summed E-state index contributed by atoms with van der Waals surface area (Å²) in [7, 11) is 0. The Bertz CT molecular complexity index is 117. The molecule has 1 fully saturated rings. The zero-order valence-electron chi connectivity index (χ0n) is 7.40. The summed E-state index contributed by atoms with van der Waals surface area (Å²) in [5.74, 6) is 0. The van der Waals surface area contributed by atoms with Gasteiger partial charge in [0, 0.05) is 0 Å². The van der Waals surface area contributed by atoms with Crippen LogP contribution in [-0.2, 0) is 3.07 Å². The molecule has 0 unspecified atom stereocenters. The van der Waals surface area contributed by atoms with E-state index >= 15 is 0 Å². The molecule has 1 aliphatic carbocycles. The Morgan fingerprint density at radius 2 is 2.00 bits per heavy atom. The lowest BCUT2D eigenvalue weighted by Gasteiger charge is -2.35. The Kier molecular flexibility index (Phi) is 3.62. The van der Waals surface area contributed by atoms with Gasteiger partial charge in [-0.1, -0.05) is 20.3 Å². The molecule has 2 heteroatoms. The lowest BCUT2D eigenvalue weighted by atomic mass is 9.73. The van der Waals surface area contributed by atoms with Crippen molar-refractivity contribution < 1.29 is 3.07 Å². The maximum absolute atomic E-state index is 5.30. The number of hydrogen-bond acceptors (Lipinski definition) is 1. The number of halogens is 1. The SMILES string of the molecule is CCC1(C)CCC(OI)CC1. The number of rotatable bonds is 2. The molecule has 1 rings (SSSR count). The lowest BCUT2D eigenvalue weighted by Crippen LogP contribution is -2.26. The largest absolute Gasteiger partial charge is 0.312 e. The van der Waals surface area contributed by atoms with Crippen LogP contribution in [0, 0.1) is 5.41 Å². The molecular weight excluding hydrogens is 251 g/mol. The first-order valence-electron chi connectivity index (χ1n) is 4.47. The van der Waals surface area contributed by atoms with E-state index in [-0.39, 0.29) is 0 Å². The smallest absolute Gasteiger partial charge is 0.110 e. The van der Waals surface area contributed by atoms with Crippen molar-refractivity contribution >= 4 is 23.0 Å². The van der Waals surface area contributed by atoms with Gasteiger partial charge >= 0.3 is 0 Å². The Hall–Kier alpha value is 0.690. The minimum Gasteiger partial charge on any atom is -0.312 e. The highest BCUT2D eigenvalue weighted by Gasteiger charge is 2.29. The number of hydrogen-bond donors (Lipinski definition) is 0. The summed E-state index contributed by atoms with van der Waals surface area (Å²) < 4.78 is 5.30. The normalized spacial score (nSPS) is 39.0. The van der Waals surface area contributed by atoms with E-state index in [2.05, 4.69) is 13.8 Å². The van der Waals surface area contributed by atoms with Crippen molar-refractivity contribution in [1.29, 1.82) is 0 Å². The fourth-order valence-corrected chi connectivity index (χ4v) is 2.24. The summed E-state index contributed by atoms with van der Waals surface area (Å²) in [4.78, 5) is 0. The molecule has 11 heavy (non-hydrogen) atoms. The zero-order chi connectivity index (χ0) is 8.32. The van der Waals surface area contributed by atoms with Crippen LogP contribution < -0.4 is 0 Å². The van der Waals surface area contributed by atoms with Gasteiger partial charge in [-0.2, -0.15) is 0 Å². The fourth-order valence-electron chi connectivity index (χ4n) is 1.73. The van der Waals surface area contributed by atoms with Crippen LogP contribution in [0.3, 0.4) is 0 Å². The molecule has 0 aromatic carbocycles. The van der Waals surface area contributed by atoms with Crippen LogP contribution >= 0.6 is 23.0 Å². The van der Waals surface area contributed by atoms with Gasteiger partial charge in [-0.05, 0) is 31.1 Å². The summed E-state index contributed by atoms with van der Waals surface area (Å²) in [5.41, 5.74) is 0.617. The standard InChI is InChI=1S/C9H17IO/c1-3-9(2)6-4-8(11-10)5-7-9/h8H,3-7H2,1-2H3. The van der Waals surface area contributed by atoms with E-state index in [1.807, 2.05) is 23.0 Å². The van der Waals surface area contributed by atoms with E-state index in [1.54, 1.807) is 0 Å². The topological polar surface area (TPSA) is 9.23 Å². The van der Waals surface area contributed by atoms with Gasteiger partial charge < -0.3 is 3.07 Å². The van der Waals surface area contributed by atoms with Crippen LogP contribution in [-0.4, -0.2) is 6.10 Å². The molecule has 66 valence electrons. The van der Waals surface area contributed by atoms with Crippen molar-refractivity contribution in [3.63, 3.8) is 0 Å². The first-order chi connectivity index (χ1) is 5.20. The predicted octanol–water partition coefficient (Wildman–Crippen LogP) is 3.71. The minimum atomic E-state index is 0.537. The average Bonchev–Trinajstić information content (AvgIpc) is 2.06. The third-order valence-electron chi connectivity index (χ3n) is 3.12. The molecule has 0 spiro atoms. The van der Waals surface area contributed by atoms with Crippen LogP contribution in [0.1, 0.15) is 46.0 Å². The molecule has 0 amide bonds. The Morgan fingerprint density at radius 3 is 2.36 bits per heavy atom. The van der Waals surface area contributed by atoms with E-state index in [4.69, 9.17) is 3.07 Å². The third kappa shape index (κ3) is 2.58. The summed E-state index contributed by atoms with van der Waals surface area (Å²) in [6.07, 6.45) is 7.06. The highest BCUT2D eigenvalue weighted by atomic mass is 127. The summed E-state index contributed by atoms with van der Waals surface area (Å²) in [5, 5.41) is 0. The van der Waals surface area contributed by atoms with Gasteiger partial charge in [-0.25, -0.2) is 0 Å². The van der Waals surface area contributed by atoms with Gasteiger partial charge in [0.2, 0.25) is 0 Å². The van der Waals surface area contributed by atoms with Gasteiger partial charge in [0.05, 0.1) is 6.10 Å². The predicted molar refractivity (Wildman–Crippen MR) is 55.8 cm³/mol. The molecule has 1 nitrogen and oxygen atoms in total. The maximum atomic E-state index is 5.30. The van der Waals surface area contributed by atoms with Crippen molar-refractivity contribution in [3.05, 3.63) is 0 Å². The van der Waals surface area contributed by atoms with Gasteiger partial charge in [0.15, 0.2) is 0 Å². The monoisotopic (exact) mass is 268 g/mol. The lowest BCUT2D eigenvalue weighted by molar-refractivity contribution is 0.117. The summed E-state index contributed by atoms with van der Waals surface area (Å²) in [6, 6.07) is 0. The van der Waals surface area contributed by atoms with Crippen molar-refractivity contribution in [1.82, 2.24) is 0 Å². The Labute approximate surface area is 83.6 Å². The van der Waals surface area contributed by atoms with Crippen molar-refractivity contribution in [2.24, 2.45) is 5.41 Å². The van der Waals surface area contributed by atoms with Crippen molar-refractivity contribution in [3.8, 4) is 0 Å². The Morgan fingerprint density at radius 1 is 1.45 bits per heavy atom. The molecule has 1 saturated carbocycles. The molecule has 1 aliphatic rings.